The minimum atomic E-state index is -0.600. The average Bonchev–Trinajstić information content (AvgIpc) is 2.36. The SMILES string of the molecule is COC(=O)c1cc(C=CCCl)cc([N+](=O)[O-])c1C. The third-order valence-electron chi connectivity index (χ3n) is 2.40. The van der Waals surface area contributed by atoms with Crippen molar-refractivity contribution in [3.63, 3.8) is 0 Å². The van der Waals surface area contributed by atoms with Gasteiger partial charge >= 0.3 is 5.97 Å². The lowest BCUT2D eigenvalue weighted by Gasteiger charge is -2.06. The number of nitrogens with zero attached hydrogens (tertiary/aromatic N) is 1. The van der Waals surface area contributed by atoms with Crippen LogP contribution in [0.4, 0.5) is 5.69 Å². The fourth-order valence-electron chi connectivity index (χ4n) is 1.51. The first-order valence-corrected chi connectivity index (χ1v) is 5.64. The quantitative estimate of drug-likeness (QED) is 0.365. The fourth-order valence-corrected chi connectivity index (χ4v) is 1.60. The zero-order valence-electron chi connectivity index (χ0n) is 9.97. The van der Waals surface area contributed by atoms with Crippen LogP contribution in [-0.4, -0.2) is 23.9 Å². The van der Waals surface area contributed by atoms with Gasteiger partial charge in [-0.05, 0) is 18.6 Å². The Kier molecular flexibility index (Phi) is 4.85. The van der Waals surface area contributed by atoms with Crippen LogP contribution in [0.15, 0.2) is 18.2 Å². The molecule has 0 unspecified atom stereocenters. The molecule has 0 amide bonds. The largest absolute Gasteiger partial charge is 0.465 e. The van der Waals surface area contributed by atoms with Crippen molar-refractivity contribution in [1.82, 2.24) is 0 Å². The van der Waals surface area contributed by atoms with E-state index in [1.54, 1.807) is 12.2 Å². The summed E-state index contributed by atoms with van der Waals surface area (Å²) in [5.41, 5.74) is 0.885. The van der Waals surface area contributed by atoms with Crippen LogP contribution in [0.5, 0.6) is 0 Å². The molecule has 0 saturated heterocycles. The van der Waals surface area contributed by atoms with Crippen molar-refractivity contribution in [3.05, 3.63) is 45.0 Å². The molecule has 0 aliphatic carbocycles. The van der Waals surface area contributed by atoms with E-state index in [2.05, 4.69) is 4.74 Å². The summed E-state index contributed by atoms with van der Waals surface area (Å²) in [6, 6.07) is 2.93. The molecule has 1 rings (SSSR count). The van der Waals surface area contributed by atoms with Crippen LogP contribution < -0.4 is 0 Å². The van der Waals surface area contributed by atoms with Gasteiger partial charge in [-0.1, -0.05) is 12.2 Å². The number of alkyl halides is 1. The van der Waals surface area contributed by atoms with Gasteiger partial charge in [0.2, 0.25) is 0 Å². The van der Waals surface area contributed by atoms with Crippen LogP contribution >= 0.6 is 11.6 Å². The highest BCUT2D eigenvalue weighted by atomic mass is 35.5. The van der Waals surface area contributed by atoms with Crippen molar-refractivity contribution in [1.29, 1.82) is 0 Å². The molecule has 0 heterocycles. The Bertz CT molecular complexity index is 511. The summed E-state index contributed by atoms with van der Waals surface area (Å²) in [7, 11) is 1.23. The van der Waals surface area contributed by atoms with Crippen molar-refractivity contribution in [3.8, 4) is 0 Å². The van der Waals surface area contributed by atoms with Crippen molar-refractivity contribution in [2.75, 3.05) is 13.0 Å². The lowest BCUT2D eigenvalue weighted by atomic mass is 10.0. The summed E-state index contributed by atoms with van der Waals surface area (Å²) in [5, 5.41) is 10.9. The van der Waals surface area contributed by atoms with E-state index in [0.29, 0.717) is 5.56 Å². The Balaban J connectivity index is 3.41. The molecular weight excluding hydrogens is 258 g/mol. The summed E-state index contributed by atoms with van der Waals surface area (Å²) < 4.78 is 4.60. The molecule has 5 nitrogen and oxygen atoms in total. The highest BCUT2D eigenvalue weighted by molar-refractivity contribution is 6.19. The van der Waals surface area contributed by atoms with Crippen LogP contribution in [0, 0.1) is 17.0 Å². The minimum absolute atomic E-state index is 0.118. The molecule has 18 heavy (non-hydrogen) atoms. The van der Waals surface area contributed by atoms with Gasteiger partial charge in [0.15, 0.2) is 0 Å². The van der Waals surface area contributed by atoms with Gasteiger partial charge in [0.05, 0.1) is 17.6 Å². The van der Waals surface area contributed by atoms with Gasteiger partial charge in [0, 0.05) is 17.5 Å². The van der Waals surface area contributed by atoms with Crippen LogP contribution in [0.25, 0.3) is 6.08 Å². The summed E-state index contributed by atoms with van der Waals surface area (Å²) in [6.07, 6.45) is 3.25. The van der Waals surface area contributed by atoms with E-state index in [-0.39, 0.29) is 22.7 Å². The Labute approximate surface area is 109 Å². The first-order chi connectivity index (χ1) is 8.51. The predicted octanol–water partition coefficient (Wildman–Crippen LogP) is 2.94. The first kappa shape index (κ1) is 14.2. The van der Waals surface area contributed by atoms with E-state index in [1.165, 1.54) is 26.2 Å². The van der Waals surface area contributed by atoms with Gasteiger partial charge in [-0.3, -0.25) is 10.1 Å². The molecular formula is C12H12ClNO4. The molecule has 0 saturated carbocycles. The third kappa shape index (κ3) is 3.07. The monoisotopic (exact) mass is 269 g/mol. The fraction of sp³-hybridized carbons (Fsp3) is 0.250. The summed E-state index contributed by atoms with van der Waals surface area (Å²) >= 11 is 5.50. The number of hydrogen-bond acceptors (Lipinski definition) is 4. The van der Waals surface area contributed by atoms with E-state index in [1.807, 2.05) is 0 Å². The van der Waals surface area contributed by atoms with Crippen molar-refractivity contribution in [2.24, 2.45) is 0 Å². The van der Waals surface area contributed by atoms with Gasteiger partial charge in [-0.2, -0.15) is 0 Å². The number of hydrogen-bond donors (Lipinski definition) is 0. The maximum Gasteiger partial charge on any atom is 0.338 e. The maximum atomic E-state index is 11.5. The lowest BCUT2D eigenvalue weighted by Crippen LogP contribution is -2.06. The highest BCUT2D eigenvalue weighted by Crippen LogP contribution is 2.25. The van der Waals surface area contributed by atoms with Crippen LogP contribution in [0.1, 0.15) is 21.5 Å². The normalized spacial score (nSPS) is 10.6. The minimum Gasteiger partial charge on any atom is -0.465 e. The molecule has 0 fully saturated rings. The number of benzene rings is 1. The second kappa shape index (κ2) is 6.16. The van der Waals surface area contributed by atoms with E-state index < -0.39 is 10.9 Å². The summed E-state index contributed by atoms with van der Waals surface area (Å²) in [4.78, 5) is 21.9. The van der Waals surface area contributed by atoms with Gasteiger partial charge in [0.25, 0.3) is 5.69 Å². The molecule has 1 aromatic rings. The van der Waals surface area contributed by atoms with E-state index in [0.717, 1.165) is 0 Å². The molecule has 0 spiro atoms. The number of nitro groups is 1. The Morgan fingerprint density at radius 3 is 2.72 bits per heavy atom. The van der Waals surface area contributed by atoms with Gasteiger partial charge in [0.1, 0.15) is 0 Å². The van der Waals surface area contributed by atoms with E-state index in [9.17, 15) is 14.9 Å². The average molecular weight is 270 g/mol. The molecule has 6 heteroatoms. The highest BCUT2D eigenvalue weighted by Gasteiger charge is 2.20. The zero-order chi connectivity index (χ0) is 13.7. The van der Waals surface area contributed by atoms with Crippen molar-refractivity contribution < 1.29 is 14.5 Å². The Morgan fingerprint density at radius 2 is 2.22 bits per heavy atom. The summed E-state index contributed by atoms with van der Waals surface area (Å²) in [6.45, 7) is 1.51. The topological polar surface area (TPSA) is 69.4 Å². The van der Waals surface area contributed by atoms with Crippen LogP contribution in [0.3, 0.4) is 0 Å². The number of rotatable bonds is 4. The number of methoxy groups -OCH3 is 1. The lowest BCUT2D eigenvalue weighted by molar-refractivity contribution is -0.385. The summed E-state index contributed by atoms with van der Waals surface area (Å²) in [5.74, 6) is -0.313. The Morgan fingerprint density at radius 1 is 1.56 bits per heavy atom. The van der Waals surface area contributed by atoms with Gasteiger partial charge in [-0.25, -0.2) is 4.79 Å². The second-order valence-corrected chi connectivity index (χ2v) is 3.83. The third-order valence-corrected chi connectivity index (χ3v) is 2.58. The molecule has 96 valence electrons. The molecule has 0 aliphatic heterocycles. The number of allylic oxidation sites excluding steroid dienone is 1. The molecule has 0 atom stereocenters. The van der Waals surface area contributed by atoms with Crippen molar-refractivity contribution >= 4 is 29.3 Å². The standard InChI is InChI=1S/C12H12ClNO4/c1-8-10(12(15)18-2)6-9(4-3-5-13)7-11(8)14(16)17/h3-4,6-7H,5H2,1-2H3. The zero-order valence-corrected chi connectivity index (χ0v) is 10.7. The number of carbonyl (C=O) groups excluding carboxylic acids is 1. The number of nitro benzene ring substituents is 1. The van der Waals surface area contributed by atoms with E-state index >= 15 is 0 Å². The number of halogens is 1. The molecule has 0 aromatic heterocycles. The number of carbonyl (C=O) groups is 1. The molecule has 1 aromatic carbocycles. The molecule has 0 N–H and O–H groups in total. The number of ether oxygens (including phenoxy) is 1. The second-order valence-electron chi connectivity index (χ2n) is 3.52. The van der Waals surface area contributed by atoms with Crippen LogP contribution in [-0.2, 0) is 4.74 Å². The van der Waals surface area contributed by atoms with Gasteiger partial charge < -0.3 is 4.74 Å². The van der Waals surface area contributed by atoms with E-state index in [4.69, 9.17) is 11.6 Å². The molecule has 0 bridgehead atoms. The predicted molar refractivity (Wildman–Crippen MR) is 68.9 cm³/mol. The number of esters is 1. The molecule has 0 radical (unpaired) electrons. The smallest absolute Gasteiger partial charge is 0.338 e. The molecule has 0 aliphatic rings. The van der Waals surface area contributed by atoms with Crippen LogP contribution in [0.2, 0.25) is 0 Å². The van der Waals surface area contributed by atoms with Gasteiger partial charge in [-0.15, -0.1) is 11.6 Å². The Hall–Kier alpha value is -1.88. The van der Waals surface area contributed by atoms with Crippen molar-refractivity contribution in [2.45, 2.75) is 6.92 Å². The maximum absolute atomic E-state index is 11.5. The first-order valence-electron chi connectivity index (χ1n) is 5.11.